The largest absolute Gasteiger partial charge is 0.378 e. The van der Waals surface area contributed by atoms with Crippen molar-refractivity contribution in [3.05, 3.63) is 29.8 Å². The molecule has 0 aromatic heterocycles. The Hall–Kier alpha value is -1.55. The first-order chi connectivity index (χ1) is 9.63. The molecule has 4 heteroatoms. The van der Waals surface area contributed by atoms with Gasteiger partial charge in [-0.2, -0.15) is 0 Å². The first-order valence-corrected chi connectivity index (χ1v) is 7.42. The quantitative estimate of drug-likeness (QED) is 0.912. The number of piperidine rings is 1. The maximum atomic E-state index is 12.7. The van der Waals surface area contributed by atoms with Gasteiger partial charge in [0.25, 0.3) is 5.91 Å². The van der Waals surface area contributed by atoms with E-state index >= 15 is 0 Å². The number of nitrogens with one attached hydrogen (secondary N) is 1. The Morgan fingerprint density at radius 2 is 2.00 bits per heavy atom. The van der Waals surface area contributed by atoms with Crippen LogP contribution in [0.5, 0.6) is 0 Å². The zero-order valence-corrected chi connectivity index (χ0v) is 12.7. The first kappa shape index (κ1) is 14.9. The lowest BCUT2D eigenvalue weighted by Crippen LogP contribution is -2.46. The van der Waals surface area contributed by atoms with Crippen LogP contribution in [0.2, 0.25) is 0 Å². The fourth-order valence-electron chi connectivity index (χ4n) is 2.77. The molecule has 1 N–H and O–H groups in total. The summed E-state index contributed by atoms with van der Waals surface area (Å²) in [6.07, 6.45) is 2.10. The molecule has 0 unspecified atom stereocenters. The third kappa shape index (κ3) is 3.31. The molecule has 20 heavy (non-hydrogen) atoms. The molecule has 0 saturated carbocycles. The van der Waals surface area contributed by atoms with Gasteiger partial charge >= 0.3 is 0 Å². The lowest BCUT2D eigenvalue weighted by molar-refractivity contribution is 0.0656. The van der Waals surface area contributed by atoms with E-state index in [0.717, 1.165) is 43.7 Å². The fraction of sp³-hybridized carbons (Fsp3) is 0.562. The Morgan fingerprint density at radius 1 is 1.30 bits per heavy atom. The number of hydrogen-bond acceptors (Lipinski definition) is 3. The Labute approximate surface area is 121 Å². The molecule has 0 bridgehead atoms. The van der Waals surface area contributed by atoms with Gasteiger partial charge in [-0.15, -0.1) is 0 Å². The molecule has 0 atom stereocenters. The van der Waals surface area contributed by atoms with Gasteiger partial charge in [0.2, 0.25) is 0 Å². The predicted octanol–water partition coefficient (Wildman–Crippen LogP) is 1.97. The molecule has 2 rings (SSSR count). The Morgan fingerprint density at radius 3 is 2.60 bits per heavy atom. The molecular weight excluding hydrogens is 250 g/mol. The number of rotatable bonds is 4. The number of carbonyl (C=O) groups is 1. The summed E-state index contributed by atoms with van der Waals surface area (Å²) < 4.78 is 0. The Bertz CT molecular complexity index is 453. The second kappa shape index (κ2) is 6.75. The minimum absolute atomic E-state index is 0.156. The molecule has 1 saturated heterocycles. The number of hydrogen-bond donors (Lipinski definition) is 1. The van der Waals surface area contributed by atoms with Crippen LogP contribution >= 0.6 is 0 Å². The van der Waals surface area contributed by atoms with Crippen LogP contribution in [0.15, 0.2) is 24.3 Å². The van der Waals surface area contributed by atoms with Crippen molar-refractivity contribution in [2.24, 2.45) is 0 Å². The molecule has 1 aliphatic rings. The Balaban J connectivity index is 2.17. The number of carbonyl (C=O) groups excluding carboxylic acids is 1. The van der Waals surface area contributed by atoms with Gasteiger partial charge in [0.15, 0.2) is 0 Å². The van der Waals surface area contributed by atoms with Crippen molar-refractivity contribution in [2.75, 3.05) is 38.6 Å². The van der Waals surface area contributed by atoms with Crippen LogP contribution in [-0.2, 0) is 0 Å². The lowest BCUT2D eigenvalue weighted by Gasteiger charge is -2.34. The summed E-state index contributed by atoms with van der Waals surface area (Å²) >= 11 is 0. The maximum absolute atomic E-state index is 12.7. The van der Waals surface area contributed by atoms with E-state index < -0.39 is 0 Å². The lowest BCUT2D eigenvalue weighted by atomic mass is 10.0. The maximum Gasteiger partial charge on any atom is 0.254 e. The summed E-state index contributed by atoms with van der Waals surface area (Å²) in [5.41, 5.74) is 1.86. The van der Waals surface area contributed by atoms with Crippen LogP contribution in [-0.4, -0.2) is 50.6 Å². The number of nitrogens with zero attached hydrogens (tertiary/aromatic N) is 2. The molecule has 4 nitrogen and oxygen atoms in total. The highest BCUT2D eigenvalue weighted by molar-refractivity contribution is 5.95. The molecule has 110 valence electrons. The average Bonchev–Trinajstić information content (AvgIpc) is 2.49. The van der Waals surface area contributed by atoms with E-state index in [9.17, 15) is 4.79 Å². The summed E-state index contributed by atoms with van der Waals surface area (Å²) in [5, 5.41) is 3.35. The van der Waals surface area contributed by atoms with E-state index in [1.54, 1.807) is 0 Å². The molecule has 0 radical (unpaired) electrons. The van der Waals surface area contributed by atoms with Gasteiger partial charge in [0, 0.05) is 37.9 Å². The molecule has 0 spiro atoms. The van der Waals surface area contributed by atoms with Crippen molar-refractivity contribution in [2.45, 2.75) is 25.8 Å². The average molecular weight is 275 g/mol. The monoisotopic (exact) mass is 275 g/mol. The first-order valence-electron chi connectivity index (χ1n) is 7.42. The van der Waals surface area contributed by atoms with Gasteiger partial charge in [0.05, 0.1) is 0 Å². The third-order valence-electron chi connectivity index (χ3n) is 3.96. The summed E-state index contributed by atoms with van der Waals surface area (Å²) in [4.78, 5) is 16.8. The highest BCUT2D eigenvalue weighted by atomic mass is 16.2. The van der Waals surface area contributed by atoms with Crippen LogP contribution in [0.25, 0.3) is 0 Å². The van der Waals surface area contributed by atoms with Gasteiger partial charge in [-0.3, -0.25) is 4.79 Å². The van der Waals surface area contributed by atoms with Gasteiger partial charge < -0.3 is 15.1 Å². The molecule has 1 aromatic rings. The van der Waals surface area contributed by atoms with Crippen LogP contribution in [0.4, 0.5) is 5.69 Å². The molecule has 1 aromatic carbocycles. The standard InChI is InChI=1S/C16H25N3O/c1-4-19(14-8-10-17-11-9-14)16(20)13-6-5-7-15(12-13)18(2)3/h5-7,12,14,17H,4,8-11H2,1-3H3. The molecule has 1 aliphatic heterocycles. The third-order valence-corrected chi connectivity index (χ3v) is 3.96. The van der Waals surface area contributed by atoms with E-state index in [0.29, 0.717) is 6.04 Å². The summed E-state index contributed by atoms with van der Waals surface area (Å²) in [5.74, 6) is 0.156. The number of amides is 1. The number of anilines is 1. The second-order valence-corrected chi connectivity index (χ2v) is 5.52. The van der Waals surface area contributed by atoms with E-state index in [-0.39, 0.29) is 5.91 Å². The topological polar surface area (TPSA) is 35.6 Å². The molecule has 1 heterocycles. The highest BCUT2D eigenvalue weighted by Crippen LogP contribution is 2.19. The molecule has 1 amide bonds. The minimum Gasteiger partial charge on any atom is -0.378 e. The van der Waals surface area contributed by atoms with Gasteiger partial charge in [-0.25, -0.2) is 0 Å². The van der Waals surface area contributed by atoms with Gasteiger partial charge in [0.1, 0.15) is 0 Å². The van der Waals surface area contributed by atoms with E-state index in [1.807, 2.05) is 48.2 Å². The van der Waals surface area contributed by atoms with Crippen LogP contribution in [0.3, 0.4) is 0 Å². The smallest absolute Gasteiger partial charge is 0.254 e. The summed E-state index contributed by atoms with van der Waals surface area (Å²) in [6.45, 7) is 4.85. The normalized spacial score (nSPS) is 15.9. The summed E-state index contributed by atoms with van der Waals surface area (Å²) in [6, 6.07) is 8.25. The molecular formula is C16H25N3O. The van der Waals surface area contributed by atoms with Crippen molar-refractivity contribution in [3.63, 3.8) is 0 Å². The predicted molar refractivity (Wildman–Crippen MR) is 83.4 cm³/mol. The molecule has 0 aliphatic carbocycles. The van der Waals surface area contributed by atoms with Crippen molar-refractivity contribution < 1.29 is 4.79 Å². The van der Waals surface area contributed by atoms with Gasteiger partial charge in [-0.1, -0.05) is 6.07 Å². The SMILES string of the molecule is CCN(C(=O)c1cccc(N(C)C)c1)C1CCNCC1. The van der Waals surface area contributed by atoms with E-state index in [4.69, 9.17) is 0 Å². The van der Waals surface area contributed by atoms with Crippen molar-refractivity contribution >= 4 is 11.6 Å². The molecule has 1 fully saturated rings. The zero-order chi connectivity index (χ0) is 14.5. The number of benzene rings is 1. The van der Waals surface area contributed by atoms with Crippen molar-refractivity contribution in [1.29, 1.82) is 0 Å². The Kier molecular flexibility index (Phi) is 5.01. The highest BCUT2D eigenvalue weighted by Gasteiger charge is 2.24. The van der Waals surface area contributed by atoms with Gasteiger partial charge in [-0.05, 0) is 51.1 Å². The van der Waals surface area contributed by atoms with E-state index in [2.05, 4.69) is 12.2 Å². The van der Waals surface area contributed by atoms with E-state index in [1.165, 1.54) is 0 Å². The van der Waals surface area contributed by atoms with Crippen LogP contribution in [0, 0.1) is 0 Å². The fourth-order valence-corrected chi connectivity index (χ4v) is 2.77. The summed E-state index contributed by atoms with van der Waals surface area (Å²) in [7, 11) is 3.99. The van der Waals surface area contributed by atoms with Crippen molar-refractivity contribution in [3.8, 4) is 0 Å². The minimum atomic E-state index is 0.156. The zero-order valence-electron chi connectivity index (χ0n) is 12.7. The van der Waals surface area contributed by atoms with Crippen molar-refractivity contribution in [1.82, 2.24) is 10.2 Å². The second-order valence-electron chi connectivity index (χ2n) is 5.52. The van der Waals surface area contributed by atoms with Crippen LogP contribution < -0.4 is 10.2 Å². The van der Waals surface area contributed by atoms with Crippen LogP contribution in [0.1, 0.15) is 30.1 Å².